The zero-order valence-electron chi connectivity index (χ0n) is 10.9. The third kappa shape index (κ3) is 3.10. The fourth-order valence-corrected chi connectivity index (χ4v) is 2.74. The van der Waals surface area contributed by atoms with Crippen molar-refractivity contribution in [2.24, 2.45) is 7.05 Å². The van der Waals surface area contributed by atoms with Gasteiger partial charge in [0.1, 0.15) is 0 Å². The summed E-state index contributed by atoms with van der Waals surface area (Å²) < 4.78 is 1.93. The van der Waals surface area contributed by atoms with Crippen molar-refractivity contribution in [1.29, 1.82) is 0 Å². The van der Waals surface area contributed by atoms with Crippen LogP contribution in [-0.2, 0) is 11.8 Å². The summed E-state index contributed by atoms with van der Waals surface area (Å²) in [6, 6.07) is 2.47. The van der Waals surface area contributed by atoms with Crippen molar-refractivity contribution >= 4 is 5.97 Å². The average molecular weight is 251 g/mol. The van der Waals surface area contributed by atoms with E-state index in [-0.39, 0.29) is 6.42 Å². The van der Waals surface area contributed by atoms with Gasteiger partial charge in [-0.05, 0) is 38.4 Å². The van der Waals surface area contributed by atoms with Crippen LogP contribution in [0.2, 0.25) is 0 Å². The Morgan fingerprint density at radius 1 is 1.56 bits per heavy atom. The minimum absolute atomic E-state index is 0.259. The van der Waals surface area contributed by atoms with Gasteiger partial charge in [-0.2, -0.15) is 5.10 Å². The van der Waals surface area contributed by atoms with E-state index in [1.165, 1.54) is 18.5 Å². The van der Waals surface area contributed by atoms with Gasteiger partial charge in [-0.25, -0.2) is 0 Å². The molecule has 5 nitrogen and oxygen atoms in total. The Hall–Kier alpha value is -1.36. The number of nitrogens with zero attached hydrogens (tertiary/aromatic N) is 3. The number of hydrogen-bond acceptors (Lipinski definition) is 3. The predicted octanol–water partition coefficient (Wildman–Crippen LogP) is 1.81. The summed E-state index contributed by atoms with van der Waals surface area (Å²) in [5.41, 5.74) is 1.24. The second-order valence-electron chi connectivity index (χ2n) is 4.92. The molecule has 0 radical (unpaired) electrons. The molecule has 1 aliphatic heterocycles. The first kappa shape index (κ1) is 13.1. The molecule has 1 atom stereocenters. The maximum Gasteiger partial charge on any atom is 0.303 e. The van der Waals surface area contributed by atoms with E-state index >= 15 is 0 Å². The van der Waals surface area contributed by atoms with Crippen molar-refractivity contribution in [1.82, 2.24) is 14.7 Å². The molecular weight excluding hydrogens is 230 g/mol. The van der Waals surface area contributed by atoms with E-state index in [1.54, 1.807) is 0 Å². The Kier molecular flexibility index (Phi) is 4.36. The van der Waals surface area contributed by atoms with E-state index in [9.17, 15) is 4.79 Å². The highest BCUT2D eigenvalue weighted by Crippen LogP contribution is 2.30. The van der Waals surface area contributed by atoms with Gasteiger partial charge in [-0.15, -0.1) is 0 Å². The van der Waals surface area contributed by atoms with Crippen molar-refractivity contribution in [3.8, 4) is 0 Å². The predicted molar refractivity (Wildman–Crippen MR) is 68.2 cm³/mol. The molecule has 1 saturated heterocycles. The van der Waals surface area contributed by atoms with Gasteiger partial charge in [0, 0.05) is 19.7 Å². The summed E-state index contributed by atoms with van der Waals surface area (Å²) in [5.74, 6) is -0.705. The van der Waals surface area contributed by atoms with Gasteiger partial charge in [0.15, 0.2) is 0 Å². The van der Waals surface area contributed by atoms with Crippen LogP contribution in [0.3, 0.4) is 0 Å². The molecule has 0 aliphatic carbocycles. The molecule has 1 aromatic rings. The highest BCUT2D eigenvalue weighted by Gasteiger charge is 2.25. The van der Waals surface area contributed by atoms with Crippen molar-refractivity contribution in [2.75, 3.05) is 13.1 Å². The normalized spacial score (nSPS) is 21.1. The summed E-state index contributed by atoms with van der Waals surface area (Å²) in [6.45, 7) is 1.93. The monoisotopic (exact) mass is 251 g/mol. The molecule has 1 N–H and O–H groups in total. The molecule has 1 aromatic heterocycles. The van der Waals surface area contributed by atoms with Gasteiger partial charge >= 0.3 is 5.97 Å². The van der Waals surface area contributed by atoms with Crippen LogP contribution in [0.4, 0.5) is 0 Å². The molecular formula is C13H21N3O2. The van der Waals surface area contributed by atoms with Crippen LogP contribution >= 0.6 is 0 Å². The molecule has 0 spiro atoms. The second-order valence-corrected chi connectivity index (χ2v) is 4.92. The van der Waals surface area contributed by atoms with Crippen LogP contribution in [-0.4, -0.2) is 38.8 Å². The van der Waals surface area contributed by atoms with Crippen LogP contribution in [0.1, 0.15) is 43.8 Å². The van der Waals surface area contributed by atoms with Crippen LogP contribution in [0.25, 0.3) is 0 Å². The molecule has 1 unspecified atom stereocenters. The summed E-state index contributed by atoms with van der Waals surface area (Å²) in [7, 11) is 1.97. The molecule has 0 saturated carbocycles. The minimum atomic E-state index is -0.705. The summed E-state index contributed by atoms with van der Waals surface area (Å²) in [6.07, 6.45) is 6.41. The topological polar surface area (TPSA) is 58.4 Å². The largest absolute Gasteiger partial charge is 0.481 e. The Morgan fingerprint density at radius 3 is 3.06 bits per heavy atom. The number of aryl methyl sites for hydroxylation is 1. The fourth-order valence-electron chi connectivity index (χ4n) is 2.74. The van der Waals surface area contributed by atoms with Crippen LogP contribution in [0, 0.1) is 0 Å². The van der Waals surface area contributed by atoms with Crippen molar-refractivity contribution in [3.63, 3.8) is 0 Å². The lowest BCUT2D eigenvalue weighted by atomic mass is 9.99. The molecule has 0 aromatic carbocycles. The highest BCUT2D eigenvalue weighted by molar-refractivity contribution is 5.66. The fraction of sp³-hybridized carbons (Fsp3) is 0.692. The lowest BCUT2D eigenvalue weighted by Gasteiger charge is -2.35. The number of aromatic nitrogens is 2. The zero-order chi connectivity index (χ0) is 13.0. The third-order valence-corrected chi connectivity index (χ3v) is 3.65. The maximum absolute atomic E-state index is 10.6. The van der Waals surface area contributed by atoms with E-state index in [4.69, 9.17) is 5.11 Å². The quantitative estimate of drug-likeness (QED) is 0.867. The van der Waals surface area contributed by atoms with Crippen LogP contribution in [0.5, 0.6) is 0 Å². The van der Waals surface area contributed by atoms with Gasteiger partial charge < -0.3 is 5.11 Å². The molecule has 100 valence electrons. The minimum Gasteiger partial charge on any atom is -0.481 e. The number of carboxylic acids is 1. The van der Waals surface area contributed by atoms with E-state index < -0.39 is 5.97 Å². The summed E-state index contributed by atoms with van der Waals surface area (Å²) in [4.78, 5) is 13.0. The second kappa shape index (κ2) is 6.00. The number of aliphatic carboxylic acids is 1. The Bertz CT molecular complexity index is 403. The van der Waals surface area contributed by atoms with Crippen molar-refractivity contribution in [2.45, 2.75) is 38.1 Å². The first-order valence-corrected chi connectivity index (χ1v) is 6.62. The van der Waals surface area contributed by atoms with Gasteiger partial charge in [0.2, 0.25) is 0 Å². The molecule has 0 amide bonds. The van der Waals surface area contributed by atoms with Gasteiger partial charge in [-0.1, -0.05) is 6.42 Å². The Balaban J connectivity index is 1.98. The summed E-state index contributed by atoms with van der Waals surface area (Å²) >= 11 is 0. The van der Waals surface area contributed by atoms with Gasteiger partial charge in [0.05, 0.1) is 11.7 Å². The lowest BCUT2D eigenvalue weighted by Crippen LogP contribution is -2.35. The van der Waals surface area contributed by atoms with E-state index in [2.05, 4.69) is 16.1 Å². The molecule has 1 fully saturated rings. The highest BCUT2D eigenvalue weighted by atomic mass is 16.4. The standard InChI is InChI=1S/C13H21N3O2/c1-15-11(7-8-14-15)12-5-2-3-9-16(12)10-4-6-13(17)18/h7-8,12H,2-6,9-10H2,1H3,(H,17,18). The van der Waals surface area contributed by atoms with Gasteiger partial charge in [0.25, 0.3) is 0 Å². The molecule has 2 rings (SSSR count). The Labute approximate surface area is 107 Å². The third-order valence-electron chi connectivity index (χ3n) is 3.65. The average Bonchev–Trinajstić information content (AvgIpc) is 2.76. The number of piperidine rings is 1. The number of likely N-dealkylation sites (tertiary alicyclic amines) is 1. The molecule has 2 heterocycles. The van der Waals surface area contributed by atoms with Crippen LogP contribution < -0.4 is 0 Å². The number of hydrogen-bond donors (Lipinski definition) is 1. The van der Waals surface area contributed by atoms with E-state index in [1.807, 2.05) is 17.9 Å². The smallest absolute Gasteiger partial charge is 0.303 e. The maximum atomic E-state index is 10.6. The number of carbonyl (C=O) groups is 1. The summed E-state index contributed by atoms with van der Waals surface area (Å²) in [5, 5.41) is 12.9. The first-order chi connectivity index (χ1) is 8.68. The Morgan fingerprint density at radius 2 is 2.39 bits per heavy atom. The molecule has 18 heavy (non-hydrogen) atoms. The zero-order valence-corrected chi connectivity index (χ0v) is 10.9. The van der Waals surface area contributed by atoms with Crippen LogP contribution in [0.15, 0.2) is 12.3 Å². The van der Waals surface area contributed by atoms with E-state index in [0.29, 0.717) is 6.04 Å². The van der Waals surface area contributed by atoms with Crippen molar-refractivity contribution in [3.05, 3.63) is 18.0 Å². The molecule has 1 aliphatic rings. The number of carboxylic acid groups (broad SMARTS) is 1. The first-order valence-electron chi connectivity index (χ1n) is 6.62. The lowest BCUT2D eigenvalue weighted by molar-refractivity contribution is -0.137. The molecule has 0 bridgehead atoms. The SMILES string of the molecule is Cn1nccc1C1CCCCN1CCCC(=O)O. The van der Waals surface area contributed by atoms with Gasteiger partial charge in [-0.3, -0.25) is 14.4 Å². The van der Waals surface area contributed by atoms with Crippen molar-refractivity contribution < 1.29 is 9.90 Å². The number of rotatable bonds is 5. The van der Waals surface area contributed by atoms with E-state index in [0.717, 1.165) is 25.9 Å². The molecule has 5 heteroatoms.